The average Bonchev–Trinajstić information content (AvgIpc) is 2.50. The smallest absolute Gasteiger partial charge is 0.128 e. The van der Waals surface area contributed by atoms with Crippen LogP contribution in [-0.4, -0.2) is 0 Å². The molecular formula is C18H15BrFN. The Morgan fingerprint density at radius 2 is 1.67 bits per heavy atom. The van der Waals surface area contributed by atoms with Gasteiger partial charge >= 0.3 is 0 Å². The Morgan fingerprint density at radius 3 is 2.43 bits per heavy atom. The van der Waals surface area contributed by atoms with E-state index in [9.17, 15) is 4.39 Å². The fourth-order valence-corrected chi connectivity index (χ4v) is 3.04. The van der Waals surface area contributed by atoms with Gasteiger partial charge in [-0.05, 0) is 47.0 Å². The van der Waals surface area contributed by atoms with Gasteiger partial charge in [-0.2, -0.15) is 0 Å². The van der Waals surface area contributed by atoms with Gasteiger partial charge in [0, 0.05) is 10.0 Å². The van der Waals surface area contributed by atoms with Crippen molar-refractivity contribution in [1.82, 2.24) is 0 Å². The van der Waals surface area contributed by atoms with Gasteiger partial charge < -0.3 is 5.73 Å². The van der Waals surface area contributed by atoms with Crippen molar-refractivity contribution < 1.29 is 4.39 Å². The zero-order valence-corrected chi connectivity index (χ0v) is 13.2. The van der Waals surface area contributed by atoms with Crippen molar-refractivity contribution in [3.63, 3.8) is 0 Å². The van der Waals surface area contributed by atoms with Crippen LogP contribution in [0.15, 0.2) is 59.1 Å². The highest BCUT2D eigenvalue weighted by Gasteiger charge is 2.16. The minimum atomic E-state index is -0.493. The van der Waals surface area contributed by atoms with Crippen molar-refractivity contribution in [3.8, 4) is 0 Å². The first-order chi connectivity index (χ1) is 10.1. The van der Waals surface area contributed by atoms with Gasteiger partial charge in [0.15, 0.2) is 0 Å². The molecule has 0 radical (unpaired) electrons. The van der Waals surface area contributed by atoms with E-state index in [2.05, 4.69) is 28.9 Å². The highest BCUT2D eigenvalue weighted by Crippen LogP contribution is 2.31. The molecule has 3 aromatic carbocycles. The minimum Gasteiger partial charge on any atom is -0.320 e. The Bertz CT molecular complexity index is 813. The lowest BCUT2D eigenvalue weighted by atomic mass is 9.92. The summed E-state index contributed by atoms with van der Waals surface area (Å²) >= 11 is 3.38. The topological polar surface area (TPSA) is 26.0 Å². The number of aryl methyl sites for hydroxylation is 1. The van der Waals surface area contributed by atoms with Gasteiger partial charge in [-0.1, -0.05) is 52.3 Å². The summed E-state index contributed by atoms with van der Waals surface area (Å²) in [5.41, 5.74) is 8.97. The summed E-state index contributed by atoms with van der Waals surface area (Å²) in [6.07, 6.45) is 0. The highest BCUT2D eigenvalue weighted by atomic mass is 79.9. The number of rotatable bonds is 2. The van der Waals surface area contributed by atoms with Crippen LogP contribution in [0, 0.1) is 12.7 Å². The summed E-state index contributed by atoms with van der Waals surface area (Å²) < 4.78 is 14.9. The largest absolute Gasteiger partial charge is 0.320 e. The zero-order chi connectivity index (χ0) is 15.0. The van der Waals surface area contributed by atoms with E-state index in [1.807, 2.05) is 30.3 Å². The first-order valence-corrected chi connectivity index (χ1v) is 7.56. The summed E-state index contributed by atoms with van der Waals surface area (Å²) in [5, 5.41) is 2.23. The van der Waals surface area contributed by atoms with Gasteiger partial charge in [0.25, 0.3) is 0 Å². The molecule has 0 bridgehead atoms. The Morgan fingerprint density at radius 1 is 0.952 bits per heavy atom. The van der Waals surface area contributed by atoms with E-state index in [0.717, 1.165) is 20.8 Å². The second-order valence-corrected chi connectivity index (χ2v) is 6.08. The van der Waals surface area contributed by atoms with Gasteiger partial charge in [0.05, 0.1) is 6.04 Å². The standard InChI is InChI=1S/C18H15BrFN/c1-11-6-8-15(14-5-3-2-4-13(11)14)18(21)16-10-12(19)7-9-17(16)20/h2-10,18H,21H2,1H3. The molecular weight excluding hydrogens is 329 g/mol. The normalized spacial score (nSPS) is 12.6. The highest BCUT2D eigenvalue weighted by molar-refractivity contribution is 9.10. The lowest BCUT2D eigenvalue weighted by Crippen LogP contribution is -2.14. The van der Waals surface area contributed by atoms with Crippen LogP contribution < -0.4 is 5.73 Å². The van der Waals surface area contributed by atoms with E-state index in [1.165, 1.54) is 11.6 Å². The van der Waals surface area contributed by atoms with Gasteiger partial charge in [-0.15, -0.1) is 0 Å². The molecule has 0 spiro atoms. The third-order valence-corrected chi connectivity index (χ3v) is 4.30. The Labute approximate surface area is 131 Å². The van der Waals surface area contributed by atoms with Crippen molar-refractivity contribution >= 4 is 26.7 Å². The molecule has 2 N–H and O–H groups in total. The molecule has 3 rings (SSSR count). The molecule has 0 aromatic heterocycles. The van der Waals surface area contributed by atoms with Crippen LogP contribution in [0.3, 0.4) is 0 Å². The van der Waals surface area contributed by atoms with Gasteiger partial charge in [0.2, 0.25) is 0 Å². The van der Waals surface area contributed by atoms with E-state index >= 15 is 0 Å². The predicted molar refractivity (Wildman–Crippen MR) is 88.8 cm³/mol. The lowest BCUT2D eigenvalue weighted by molar-refractivity contribution is 0.600. The molecule has 1 unspecified atom stereocenters. The number of hydrogen-bond donors (Lipinski definition) is 1. The molecule has 1 nitrogen and oxygen atoms in total. The van der Waals surface area contributed by atoms with Crippen molar-refractivity contribution in [2.24, 2.45) is 5.73 Å². The minimum absolute atomic E-state index is 0.282. The quantitative estimate of drug-likeness (QED) is 0.688. The van der Waals surface area contributed by atoms with E-state index in [-0.39, 0.29) is 5.82 Å². The van der Waals surface area contributed by atoms with Crippen LogP contribution >= 0.6 is 15.9 Å². The summed E-state index contributed by atoms with van der Waals surface area (Å²) in [6.45, 7) is 2.07. The Hall–Kier alpha value is -1.71. The zero-order valence-electron chi connectivity index (χ0n) is 11.6. The molecule has 21 heavy (non-hydrogen) atoms. The SMILES string of the molecule is Cc1ccc(C(N)c2cc(Br)ccc2F)c2ccccc12. The summed E-state index contributed by atoms with van der Waals surface area (Å²) in [7, 11) is 0. The van der Waals surface area contributed by atoms with Crippen molar-refractivity contribution in [3.05, 3.63) is 81.6 Å². The fraction of sp³-hybridized carbons (Fsp3) is 0.111. The van der Waals surface area contributed by atoms with E-state index in [4.69, 9.17) is 5.73 Å². The monoisotopic (exact) mass is 343 g/mol. The molecule has 0 heterocycles. The molecule has 0 aliphatic carbocycles. The van der Waals surface area contributed by atoms with Crippen LogP contribution in [0.5, 0.6) is 0 Å². The number of nitrogens with two attached hydrogens (primary N) is 1. The maximum absolute atomic E-state index is 14.1. The molecule has 0 saturated heterocycles. The summed E-state index contributed by atoms with van der Waals surface area (Å²) in [4.78, 5) is 0. The number of benzene rings is 3. The van der Waals surface area contributed by atoms with Crippen molar-refractivity contribution in [2.45, 2.75) is 13.0 Å². The molecule has 0 fully saturated rings. The fourth-order valence-electron chi connectivity index (χ4n) is 2.66. The van der Waals surface area contributed by atoms with Crippen LogP contribution in [-0.2, 0) is 0 Å². The molecule has 0 amide bonds. The summed E-state index contributed by atoms with van der Waals surface area (Å²) in [6, 6.07) is 16.5. The molecule has 0 saturated carbocycles. The first-order valence-electron chi connectivity index (χ1n) is 6.76. The average molecular weight is 344 g/mol. The third kappa shape index (κ3) is 2.59. The lowest BCUT2D eigenvalue weighted by Gasteiger charge is -2.17. The second-order valence-electron chi connectivity index (χ2n) is 5.16. The Balaban J connectivity index is 2.20. The maximum Gasteiger partial charge on any atom is 0.128 e. The maximum atomic E-state index is 14.1. The molecule has 106 valence electrons. The Kier molecular flexibility index (Phi) is 3.79. The number of fused-ring (bicyclic) bond motifs is 1. The first kappa shape index (κ1) is 14.2. The van der Waals surface area contributed by atoms with Gasteiger partial charge in [-0.25, -0.2) is 4.39 Å². The van der Waals surface area contributed by atoms with E-state index in [1.54, 1.807) is 12.1 Å². The van der Waals surface area contributed by atoms with Gasteiger partial charge in [-0.3, -0.25) is 0 Å². The second kappa shape index (κ2) is 5.58. The molecule has 0 aliphatic heterocycles. The van der Waals surface area contributed by atoms with Crippen LogP contribution in [0.25, 0.3) is 10.8 Å². The van der Waals surface area contributed by atoms with Crippen LogP contribution in [0.1, 0.15) is 22.7 Å². The van der Waals surface area contributed by atoms with Crippen molar-refractivity contribution in [1.29, 1.82) is 0 Å². The molecule has 0 aliphatic rings. The van der Waals surface area contributed by atoms with Crippen LogP contribution in [0.4, 0.5) is 4.39 Å². The molecule has 3 heteroatoms. The van der Waals surface area contributed by atoms with Crippen molar-refractivity contribution in [2.75, 3.05) is 0 Å². The molecule has 3 aromatic rings. The van der Waals surface area contributed by atoms with E-state index < -0.39 is 6.04 Å². The number of hydrogen-bond acceptors (Lipinski definition) is 1. The predicted octanol–water partition coefficient (Wildman–Crippen LogP) is 5.10. The summed E-state index contributed by atoms with van der Waals surface area (Å²) in [5.74, 6) is -0.282. The van der Waals surface area contributed by atoms with Gasteiger partial charge in [0.1, 0.15) is 5.82 Å². The van der Waals surface area contributed by atoms with E-state index in [0.29, 0.717) is 5.56 Å². The number of halogens is 2. The molecule has 1 atom stereocenters. The third-order valence-electron chi connectivity index (χ3n) is 3.80. The van der Waals surface area contributed by atoms with Crippen LogP contribution in [0.2, 0.25) is 0 Å².